The highest BCUT2D eigenvalue weighted by molar-refractivity contribution is 5.97. The van der Waals surface area contributed by atoms with Crippen LogP contribution in [0.1, 0.15) is 30.2 Å². The maximum atomic E-state index is 14.2. The molecule has 1 spiro atoms. The van der Waals surface area contributed by atoms with Crippen LogP contribution in [0, 0.1) is 12.7 Å². The van der Waals surface area contributed by atoms with Crippen molar-refractivity contribution < 1.29 is 23.8 Å². The van der Waals surface area contributed by atoms with E-state index in [4.69, 9.17) is 14.3 Å². The predicted molar refractivity (Wildman–Crippen MR) is 129 cm³/mol. The van der Waals surface area contributed by atoms with Crippen molar-refractivity contribution in [2.75, 3.05) is 20.3 Å². The number of oxime groups is 1. The van der Waals surface area contributed by atoms with Crippen LogP contribution >= 0.6 is 0 Å². The summed E-state index contributed by atoms with van der Waals surface area (Å²) in [6.07, 6.45) is 7.17. The van der Waals surface area contributed by atoms with Crippen LogP contribution in [-0.2, 0) is 10.6 Å². The summed E-state index contributed by atoms with van der Waals surface area (Å²) in [5.41, 5.74) is 2.19. The van der Waals surface area contributed by atoms with Gasteiger partial charge in [-0.3, -0.25) is 0 Å². The van der Waals surface area contributed by atoms with Gasteiger partial charge in [-0.2, -0.15) is 0 Å². The molecule has 2 aliphatic heterocycles. The van der Waals surface area contributed by atoms with Gasteiger partial charge in [0.1, 0.15) is 17.3 Å². The standard InChI is InChI=1S/C26H27FN4O4/c1-17-14-30(16-28-17)22-7-4-19(12-24(22)33-3)5-9-25-29-35-26(31(25)15-18(2)32)10-11-34-23-8-6-20(27)13-21(23)26/h4-9,12-14,16,18,32H,10-11,15H2,1-3H3/t18-,26-/m0/s1. The first-order valence-electron chi connectivity index (χ1n) is 11.4. The van der Waals surface area contributed by atoms with Gasteiger partial charge in [-0.25, -0.2) is 9.37 Å². The second-order valence-corrected chi connectivity index (χ2v) is 8.71. The molecule has 35 heavy (non-hydrogen) atoms. The van der Waals surface area contributed by atoms with Gasteiger partial charge in [0.25, 0.3) is 0 Å². The van der Waals surface area contributed by atoms with Gasteiger partial charge in [0, 0.05) is 19.2 Å². The Bertz CT molecular complexity index is 1300. The number of hydrogen-bond donors (Lipinski definition) is 1. The van der Waals surface area contributed by atoms with Crippen LogP contribution in [0.5, 0.6) is 11.5 Å². The molecule has 0 aliphatic carbocycles. The lowest BCUT2D eigenvalue weighted by Crippen LogP contribution is -2.51. The number of nitrogens with zero attached hydrogens (tertiary/aromatic N) is 4. The maximum Gasteiger partial charge on any atom is 0.244 e. The number of fused-ring (bicyclic) bond motifs is 2. The van der Waals surface area contributed by atoms with Crippen LogP contribution in [0.4, 0.5) is 4.39 Å². The minimum Gasteiger partial charge on any atom is -0.495 e. The lowest BCUT2D eigenvalue weighted by molar-refractivity contribution is -0.133. The first kappa shape index (κ1) is 22.9. The zero-order chi connectivity index (χ0) is 24.6. The fourth-order valence-electron chi connectivity index (χ4n) is 4.51. The number of aromatic nitrogens is 2. The molecule has 1 N–H and O–H groups in total. The van der Waals surface area contributed by atoms with Crippen LogP contribution in [0.2, 0.25) is 0 Å². The van der Waals surface area contributed by atoms with E-state index in [9.17, 15) is 9.50 Å². The summed E-state index contributed by atoms with van der Waals surface area (Å²) in [5.74, 6) is 1.37. The van der Waals surface area contributed by atoms with E-state index in [1.54, 1.807) is 26.4 Å². The van der Waals surface area contributed by atoms with Crippen LogP contribution in [0.15, 0.2) is 60.2 Å². The van der Waals surface area contributed by atoms with Gasteiger partial charge in [-0.1, -0.05) is 17.3 Å². The van der Waals surface area contributed by atoms with Crippen LogP contribution in [0.25, 0.3) is 11.8 Å². The van der Waals surface area contributed by atoms with E-state index in [0.717, 1.165) is 16.9 Å². The summed E-state index contributed by atoms with van der Waals surface area (Å²) in [4.78, 5) is 12.1. The van der Waals surface area contributed by atoms with Crippen molar-refractivity contribution in [3.8, 4) is 17.2 Å². The fraction of sp³-hybridized carbons (Fsp3) is 0.308. The molecule has 2 atom stereocenters. The molecule has 3 heterocycles. The van der Waals surface area contributed by atoms with Gasteiger partial charge < -0.3 is 28.9 Å². The van der Waals surface area contributed by atoms with Crippen molar-refractivity contribution in [2.45, 2.75) is 32.1 Å². The van der Waals surface area contributed by atoms with E-state index in [2.05, 4.69) is 10.1 Å². The SMILES string of the molecule is COc1cc(C=CC2=NO[C@]3(CCOc4ccc(F)cc43)N2C[C@H](C)O)ccc1-n1cnc(C)c1. The molecule has 0 saturated heterocycles. The van der Waals surface area contributed by atoms with Crippen LogP contribution < -0.4 is 9.47 Å². The second-order valence-electron chi connectivity index (χ2n) is 8.71. The number of methoxy groups -OCH3 is 1. The Morgan fingerprint density at radius 3 is 2.86 bits per heavy atom. The van der Waals surface area contributed by atoms with Crippen LogP contribution in [-0.4, -0.2) is 51.8 Å². The third-order valence-electron chi connectivity index (χ3n) is 6.13. The molecule has 1 aromatic heterocycles. The highest BCUT2D eigenvalue weighted by Crippen LogP contribution is 2.46. The van der Waals surface area contributed by atoms with Crippen molar-refractivity contribution in [2.24, 2.45) is 5.16 Å². The van der Waals surface area contributed by atoms with Crippen molar-refractivity contribution in [3.63, 3.8) is 0 Å². The van der Waals surface area contributed by atoms with Crippen LogP contribution in [0.3, 0.4) is 0 Å². The number of aliphatic hydroxyl groups excluding tert-OH is 1. The number of β-amino-alcohol motifs (C(OH)–C–C–N with tert-alkyl or cyclic N) is 1. The number of benzene rings is 2. The highest BCUT2D eigenvalue weighted by Gasteiger charge is 2.51. The first-order valence-corrected chi connectivity index (χ1v) is 11.4. The lowest BCUT2D eigenvalue weighted by Gasteiger charge is -2.41. The molecule has 0 amide bonds. The Labute approximate surface area is 202 Å². The Balaban J connectivity index is 1.46. The quantitative estimate of drug-likeness (QED) is 0.577. The van der Waals surface area contributed by atoms with E-state index >= 15 is 0 Å². The van der Waals surface area contributed by atoms with Crippen molar-refractivity contribution in [3.05, 3.63) is 77.6 Å². The number of rotatable bonds is 6. The average molecular weight is 479 g/mol. The van der Waals surface area contributed by atoms with Gasteiger partial charge in [0.05, 0.1) is 43.1 Å². The third kappa shape index (κ3) is 4.23. The molecular weight excluding hydrogens is 451 g/mol. The molecule has 0 saturated carbocycles. The van der Waals surface area contributed by atoms with Gasteiger partial charge in [-0.15, -0.1) is 0 Å². The van der Waals surface area contributed by atoms with E-state index in [1.807, 2.05) is 52.9 Å². The third-order valence-corrected chi connectivity index (χ3v) is 6.13. The number of hydrogen-bond acceptors (Lipinski definition) is 7. The van der Waals surface area contributed by atoms with E-state index in [1.165, 1.54) is 12.1 Å². The van der Waals surface area contributed by atoms with E-state index in [-0.39, 0.29) is 6.54 Å². The van der Waals surface area contributed by atoms with Crippen molar-refractivity contribution >= 4 is 11.9 Å². The molecule has 3 aromatic rings. The van der Waals surface area contributed by atoms with Gasteiger partial charge in [-0.05, 0) is 55.8 Å². The summed E-state index contributed by atoms with van der Waals surface area (Å²) in [7, 11) is 1.63. The Kier molecular flexibility index (Phi) is 5.94. The normalized spacial score (nSPS) is 19.9. The number of ether oxygens (including phenoxy) is 2. The highest BCUT2D eigenvalue weighted by atomic mass is 19.1. The fourth-order valence-corrected chi connectivity index (χ4v) is 4.51. The average Bonchev–Trinajstić information content (AvgIpc) is 3.42. The molecule has 0 radical (unpaired) electrons. The first-order chi connectivity index (χ1) is 16.9. The zero-order valence-corrected chi connectivity index (χ0v) is 19.8. The summed E-state index contributed by atoms with van der Waals surface area (Å²) in [5, 5.41) is 14.6. The van der Waals surface area contributed by atoms with Gasteiger partial charge >= 0.3 is 0 Å². The molecule has 0 bridgehead atoms. The number of amidine groups is 1. The summed E-state index contributed by atoms with van der Waals surface area (Å²) >= 11 is 0. The molecule has 0 unspecified atom stereocenters. The molecule has 2 aliphatic rings. The smallest absolute Gasteiger partial charge is 0.244 e. The summed E-state index contributed by atoms with van der Waals surface area (Å²) in [6.45, 7) is 4.26. The molecular formula is C26H27FN4O4. The summed E-state index contributed by atoms with van der Waals surface area (Å²) < 4.78 is 27.4. The zero-order valence-electron chi connectivity index (χ0n) is 19.8. The van der Waals surface area contributed by atoms with Gasteiger partial charge in [0.2, 0.25) is 5.72 Å². The van der Waals surface area contributed by atoms with E-state index < -0.39 is 17.6 Å². The second kappa shape index (κ2) is 9.07. The van der Waals surface area contributed by atoms with Crippen molar-refractivity contribution in [1.29, 1.82) is 0 Å². The minimum atomic E-state index is -1.05. The molecule has 0 fully saturated rings. The Morgan fingerprint density at radius 2 is 2.11 bits per heavy atom. The van der Waals surface area contributed by atoms with Gasteiger partial charge in [0.15, 0.2) is 5.84 Å². The molecule has 5 rings (SSSR count). The molecule has 182 valence electrons. The summed E-state index contributed by atoms with van der Waals surface area (Å²) in [6, 6.07) is 10.2. The molecule has 9 heteroatoms. The number of imidazole rings is 1. The molecule has 2 aromatic carbocycles. The minimum absolute atomic E-state index is 0.251. The number of aryl methyl sites for hydroxylation is 1. The molecule has 8 nitrogen and oxygen atoms in total. The van der Waals surface area contributed by atoms with Crippen molar-refractivity contribution in [1.82, 2.24) is 14.5 Å². The monoisotopic (exact) mass is 478 g/mol. The Morgan fingerprint density at radius 1 is 1.26 bits per heavy atom. The Hall–Kier alpha value is -3.85. The number of aliphatic hydroxyl groups is 1. The predicted octanol–water partition coefficient (Wildman–Crippen LogP) is 4.00. The topological polar surface area (TPSA) is 81.3 Å². The largest absolute Gasteiger partial charge is 0.495 e. The number of halogens is 1. The maximum absolute atomic E-state index is 14.2. The lowest BCUT2D eigenvalue weighted by atomic mass is 9.93. The van der Waals surface area contributed by atoms with E-state index in [0.29, 0.717) is 35.9 Å².